The van der Waals surface area contributed by atoms with Crippen molar-refractivity contribution in [3.63, 3.8) is 0 Å². The summed E-state index contributed by atoms with van der Waals surface area (Å²) in [6, 6.07) is 7.49. The lowest BCUT2D eigenvalue weighted by Gasteiger charge is -2.05. The molecule has 0 radical (unpaired) electrons. The number of rotatable bonds is 4. The molecule has 0 bridgehead atoms. The van der Waals surface area contributed by atoms with E-state index >= 15 is 0 Å². The Labute approximate surface area is 107 Å². The second-order valence-corrected chi connectivity index (χ2v) is 4.17. The van der Waals surface area contributed by atoms with Crippen LogP contribution in [0.4, 0.5) is 0 Å². The molecule has 0 amide bonds. The third-order valence-electron chi connectivity index (χ3n) is 2.85. The van der Waals surface area contributed by atoms with Crippen LogP contribution in [0.5, 0.6) is 0 Å². The molecule has 1 aromatic heterocycles. The molecule has 0 unspecified atom stereocenters. The van der Waals surface area contributed by atoms with Crippen LogP contribution in [0, 0.1) is 0 Å². The van der Waals surface area contributed by atoms with Crippen LogP contribution in [-0.2, 0) is 12.8 Å². The lowest BCUT2D eigenvalue weighted by molar-refractivity contribution is 0.101. The molecule has 94 valence electrons. The predicted octanol–water partition coefficient (Wildman–Crippen LogP) is 2.59. The first kappa shape index (κ1) is 12.5. The van der Waals surface area contributed by atoms with E-state index in [4.69, 9.17) is 0 Å². The summed E-state index contributed by atoms with van der Waals surface area (Å²) in [5, 5.41) is 4.46. The van der Waals surface area contributed by atoms with E-state index in [-0.39, 0.29) is 5.78 Å². The van der Waals surface area contributed by atoms with Gasteiger partial charge in [-0.2, -0.15) is 5.10 Å². The van der Waals surface area contributed by atoms with Gasteiger partial charge in [-0.3, -0.25) is 4.79 Å². The summed E-state index contributed by atoms with van der Waals surface area (Å²) in [7, 11) is 0. The number of hydrogen-bond acceptors (Lipinski definition) is 3. The number of nitrogens with zero attached hydrogens (tertiary/aromatic N) is 3. The zero-order valence-electron chi connectivity index (χ0n) is 11.0. The molecule has 0 aliphatic rings. The van der Waals surface area contributed by atoms with Crippen LogP contribution in [0.2, 0.25) is 0 Å². The number of benzene rings is 1. The Kier molecular flexibility index (Phi) is 3.55. The molecule has 0 saturated carbocycles. The minimum Gasteiger partial charge on any atom is -0.295 e. The third-order valence-corrected chi connectivity index (χ3v) is 2.85. The fraction of sp³-hybridized carbons (Fsp3) is 0.357. The van der Waals surface area contributed by atoms with Gasteiger partial charge in [0, 0.05) is 18.4 Å². The van der Waals surface area contributed by atoms with Crippen molar-refractivity contribution in [1.82, 2.24) is 14.8 Å². The van der Waals surface area contributed by atoms with Crippen LogP contribution in [0.1, 0.15) is 42.8 Å². The molecule has 2 aromatic rings. The highest BCUT2D eigenvalue weighted by Gasteiger charge is 2.10. The Balaban J connectivity index is 2.50. The van der Waals surface area contributed by atoms with Crippen molar-refractivity contribution in [3.8, 4) is 5.69 Å². The molecule has 18 heavy (non-hydrogen) atoms. The van der Waals surface area contributed by atoms with Crippen LogP contribution in [0.3, 0.4) is 0 Å². The van der Waals surface area contributed by atoms with Gasteiger partial charge in [0.1, 0.15) is 5.82 Å². The zero-order valence-corrected chi connectivity index (χ0v) is 11.0. The van der Waals surface area contributed by atoms with Crippen molar-refractivity contribution >= 4 is 5.78 Å². The van der Waals surface area contributed by atoms with Crippen molar-refractivity contribution in [3.05, 3.63) is 41.5 Å². The zero-order chi connectivity index (χ0) is 13.1. The van der Waals surface area contributed by atoms with Gasteiger partial charge in [-0.15, -0.1) is 0 Å². The highest BCUT2D eigenvalue weighted by Crippen LogP contribution is 2.13. The van der Waals surface area contributed by atoms with E-state index in [2.05, 4.69) is 17.0 Å². The summed E-state index contributed by atoms with van der Waals surface area (Å²) in [4.78, 5) is 15.9. The predicted molar refractivity (Wildman–Crippen MR) is 70.1 cm³/mol. The highest BCUT2D eigenvalue weighted by atomic mass is 16.1. The van der Waals surface area contributed by atoms with E-state index in [1.807, 2.05) is 35.9 Å². The first-order valence-electron chi connectivity index (χ1n) is 6.21. The molecule has 0 aliphatic carbocycles. The topological polar surface area (TPSA) is 47.8 Å². The van der Waals surface area contributed by atoms with Gasteiger partial charge in [-0.05, 0) is 19.1 Å². The second kappa shape index (κ2) is 5.12. The number of ketones is 1. The Bertz CT molecular complexity index is 572. The van der Waals surface area contributed by atoms with E-state index in [9.17, 15) is 4.79 Å². The largest absolute Gasteiger partial charge is 0.295 e. The van der Waals surface area contributed by atoms with Gasteiger partial charge in [0.2, 0.25) is 0 Å². The summed E-state index contributed by atoms with van der Waals surface area (Å²) in [5.74, 6) is 1.82. The maximum absolute atomic E-state index is 11.4. The fourth-order valence-electron chi connectivity index (χ4n) is 1.83. The lowest BCUT2D eigenvalue weighted by atomic mass is 10.1. The SMILES string of the molecule is CCc1nc(CC)n(-c2cccc(C(C)=O)c2)n1. The summed E-state index contributed by atoms with van der Waals surface area (Å²) in [6.45, 7) is 5.65. The number of hydrogen-bond donors (Lipinski definition) is 0. The van der Waals surface area contributed by atoms with Gasteiger partial charge in [0.05, 0.1) is 5.69 Å². The monoisotopic (exact) mass is 243 g/mol. The van der Waals surface area contributed by atoms with E-state index < -0.39 is 0 Å². The molecule has 0 fully saturated rings. The van der Waals surface area contributed by atoms with Crippen molar-refractivity contribution in [2.75, 3.05) is 0 Å². The Morgan fingerprint density at radius 1 is 1.28 bits per heavy atom. The molecular weight excluding hydrogens is 226 g/mol. The minimum absolute atomic E-state index is 0.0609. The molecule has 0 atom stereocenters. The van der Waals surface area contributed by atoms with Gasteiger partial charge in [0.15, 0.2) is 11.6 Å². The smallest absolute Gasteiger partial charge is 0.159 e. The first-order valence-corrected chi connectivity index (χ1v) is 6.21. The molecule has 1 heterocycles. The summed E-state index contributed by atoms with van der Waals surface area (Å²) >= 11 is 0. The molecular formula is C14H17N3O. The van der Waals surface area contributed by atoms with Crippen LogP contribution in [-0.4, -0.2) is 20.5 Å². The van der Waals surface area contributed by atoms with Crippen molar-refractivity contribution in [1.29, 1.82) is 0 Å². The van der Waals surface area contributed by atoms with E-state index in [0.29, 0.717) is 5.56 Å². The number of carbonyl (C=O) groups is 1. The molecule has 0 saturated heterocycles. The quantitative estimate of drug-likeness (QED) is 0.775. The third kappa shape index (κ3) is 2.32. The first-order chi connectivity index (χ1) is 8.65. The summed E-state index contributed by atoms with van der Waals surface area (Å²) in [6.07, 6.45) is 1.63. The lowest BCUT2D eigenvalue weighted by Crippen LogP contribution is -2.03. The van der Waals surface area contributed by atoms with Crippen LogP contribution in [0.25, 0.3) is 5.69 Å². The summed E-state index contributed by atoms with van der Waals surface area (Å²) < 4.78 is 1.82. The van der Waals surface area contributed by atoms with Crippen LogP contribution in [0.15, 0.2) is 24.3 Å². The average Bonchev–Trinajstić information content (AvgIpc) is 2.82. The van der Waals surface area contributed by atoms with Crippen molar-refractivity contribution < 1.29 is 4.79 Å². The number of aryl methyl sites for hydroxylation is 2. The van der Waals surface area contributed by atoms with Crippen molar-refractivity contribution in [2.45, 2.75) is 33.6 Å². The Morgan fingerprint density at radius 2 is 2.06 bits per heavy atom. The summed E-state index contributed by atoms with van der Waals surface area (Å²) in [5.41, 5.74) is 1.59. The maximum atomic E-state index is 11.4. The number of Topliss-reactive ketones (excluding diaryl/α,β-unsaturated/α-hetero) is 1. The number of carbonyl (C=O) groups excluding carboxylic acids is 1. The van der Waals surface area contributed by atoms with E-state index in [1.165, 1.54) is 0 Å². The van der Waals surface area contributed by atoms with Crippen molar-refractivity contribution in [2.24, 2.45) is 0 Å². The molecule has 0 spiro atoms. The van der Waals surface area contributed by atoms with E-state index in [1.54, 1.807) is 6.92 Å². The molecule has 0 N–H and O–H groups in total. The van der Waals surface area contributed by atoms with Gasteiger partial charge >= 0.3 is 0 Å². The van der Waals surface area contributed by atoms with E-state index in [0.717, 1.165) is 30.2 Å². The molecule has 4 nitrogen and oxygen atoms in total. The number of aromatic nitrogens is 3. The van der Waals surface area contributed by atoms with Gasteiger partial charge in [-0.1, -0.05) is 26.0 Å². The highest BCUT2D eigenvalue weighted by molar-refractivity contribution is 5.94. The maximum Gasteiger partial charge on any atom is 0.159 e. The van der Waals surface area contributed by atoms with Crippen LogP contribution < -0.4 is 0 Å². The standard InChI is InChI=1S/C14H17N3O/c1-4-13-15-14(5-2)17(16-13)12-8-6-7-11(9-12)10(3)18/h6-9H,4-5H2,1-3H3. The molecule has 1 aromatic carbocycles. The molecule has 0 aliphatic heterocycles. The minimum atomic E-state index is 0.0609. The van der Waals surface area contributed by atoms with Gasteiger partial charge in [0.25, 0.3) is 0 Å². The molecule has 2 rings (SSSR count). The second-order valence-electron chi connectivity index (χ2n) is 4.17. The fourth-order valence-corrected chi connectivity index (χ4v) is 1.83. The molecule has 4 heteroatoms. The van der Waals surface area contributed by atoms with Crippen LogP contribution >= 0.6 is 0 Å². The normalized spacial score (nSPS) is 10.6. The Hall–Kier alpha value is -1.97. The Morgan fingerprint density at radius 3 is 2.67 bits per heavy atom. The average molecular weight is 243 g/mol. The van der Waals surface area contributed by atoms with Gasteiger partial charge < -0.3 is 0 Å². The van der Waals surface area contributed by atoms with Gasteiger partial charge in [-0.25, -0.2) is 9.67 Å².